The maximum absolute atomic E-state index is 13.2. The lowest BCUT2D eigenvalue weighted by molar-refractivity contribution is 0.0694. The highest BCUT2D eigenvalue weighted by molar-refractivity contribution is 6.32. The Morgan fingerprint density at radius 3 is 2.39 bits per heavy atom. The van der Waals surface area contributed by atoms with Crippen molar-refractivity contribution in [3.8, 4) is 5.75 Å². The Labute approximate surface area is 215 Å². The number of hydrogen-bond acceptors (Lipinski definition) is 6. The first-order valence-corrected chi connectivity index (χ1v) is 12.4. The summed E-state index contributed by atoms with van der Waals surface area (Å²) in [7, 11) is 0. The molecule has 0 bridgehead atoms. The van der Waals surface area contributed by atoms with Gasteiger partial charge in [0.25, 0.3) is 0 Å². The smallest absolute Gasteiger partial charge is 0.339 e. The first-order chi connectivity index (χ1) is 17.3. The molecule has 4 rings (SSSR count). The van der Waals surface area contributed by atoms with Gasteiger partial charge in [0, 0.05) is 43.9 Å². The summed E-state index contributed by atoms with van der Waals surface area (Å²) in [5.74, 6) is 0.0203. The lowest BCUT2D eigenvalue weighted by Gasteiger charge is -2.34. The molecule has 190 valence electrons. The number of piperazine rings is 1. The second-order valence-corrected chi connectivity index (χ2v) is 9.39. The van der Waals surface area contributed by atoms with Crippen LogP contribution in [0.2, 0.25) is 5.02 Å². The summed E-state index contributed by atoms with van der Waals surface area (Å²) in [4.78, 5) is 25.0. The second kappa shape index (κ2) is 11.7. The molecule has 1 N–H and O–H groups in total. The standard InChI is InChI=1S/C27H30ClFN4O3/c1-18-15-22(16-19(2)25(18)28)36-14-13-32-9-11-33(12-10-32)27-30-17-23(26(34)35)24(31-27)8-5-20-3-6-21(29)7-4-20/h3-4,6-7,15-17H,5,8-14H2,1-2H3,(H,34,35). The SMILES string of the molecule is Cc1cc(OCCN2CCN(c3ncc(C(=O)O)c(CCc4ccc(F)cc4)n3)CC2)cc(C)c1Cl. The summed E-state index contributed by atoms with van der Waals surface area (Å²) in [5, 5.41) is 10.3. The highest BCUT2D eigenvalue weighted by Crippen LogP contribution is 2.26. The van der Waals surface area contributed by atoms with E-state index < -0.39 is 5.97 Å². The molecule has 0 radical (unpaired) electrons. The number of anilines is 1. The number of halogens is 2. The average molecular weight is 513 g/mol. The van der Waals surface area contributed by atoms with E-state index in [2.05, 4.69) is 19.8 Å². The molecule has 1 aromatic heterocycles. The number of ether oxygens (including phenoxy) is 1. The van der Waals surface area contributed by atoms with E-state index in [9.17, 15) is 14.3 Å². The summed E-state index contributed by atoms with van der Waals surface area (Å²) in [6.07, 6.45) is 2.39. The quantitative estimate of drug-likeness (QED) is 0.450. The van der Waals surface area contributed by atoms with Gasteiger partial charge < -0.3 is 14.7 Å². The molecule has 9 heteroatoms. The lowest BCUT2D eigenvalue weighted by Crippen LogP contribution is -2.48. The van der Waals surface area contributed by atoms with E-state index in [-0.39, 0.29) is 11.4 Å². The molecule has 2 heterocycles. The van der Waals surface area contributed by atoms with Gasteiger partial charge in [0.2, 0.25) is 5.95 Å². The highest BCUT2D eigenvalue weighted by atomic mass is 35.5. The molecule has 0 unspecified atom stereocenters. The van der Waals surface area contributed by atoms with Gasteiger partial charge in [-0.1, -0.05) is 23.7 Å². The minimum atomic E-state index is -1.05. The molecule has 3 aromatic rings. The monoisotopic (exact) mass is 512 g/mol. The number of nitrogens with zero attached hydrogens (tertiary/aromatic N) is 4. The molecule has 0 atom stereocenters. The average Bonchev–Trinajstić information content (AvgIpc) is 2.87. The zero-order chi connectivity index (χ0) is 25.7. The number of carboxylic acids is 1. The molecule has 7 nitrogen and oxygen atoms in total. The largest absolute Gasteiger partial charge is 0.492 e. The molecule has 1 aliphatic rings. The molecular weight excluding hydrogens is 483 g/mol. The van der Waals surface area contributed by atoms with Crippen LogP contribution in [0.3, 0.4) is 0 Å². The topological polar surface area (TPSA) is 78.8 Å². The van der Waals surface area contributed by atoms with Gasteiger partial charge >= 0.3 is 5.97 Å². The number of aromatic carboxylic acids is 1. The van der Waals surface area contributed by atoms with E-state index in [0.717, 1.165) is 60.2 Å². The predicted octanol–water partition coefficient (Wildman–Crippen LogP) is 4.57. The van der Waals surface area contributed by atoms with Crippen molar-refractivity contribution in [3.05, 3.63) is 81.4 Å². The summed E-state index contributed by atoms with van der Waals surface area (Å²) in [5.41, 5.74) is 3.52. The Morgan fingerprint density at radius 2 is 1.75 bits per heavy atom. The van der Waals surface area contributed by atoms with Crippen LogP contribution < -0.4 is 9.64 Å². The predicted molar refractivity (Wildman–Crippen MR) is 138 cm³/mol. The fraction of sp³-hybridized carbons (Fsp3) is 0.370. The minimum Gasteiger partial charge on any atom is -0.492 e. The third kappa shape index (κ3) is 6.50. The summed E-state index contributed by atoms with van der Waals surface area (Å²) in [6.45, 7) is 8.47. The lowest BCUT2D eigenvalue weighted by atomic mass is 10.1. The van der Waals surface area contributed by atoms with E-state index in [4.69, 9.17) is 16.3 Å². The van der Waals surface area contributed by atoms with Crippen LogP contribution in [0.15, 0.2) is 42.6 Å². The van der Waals surface area contributed by atoms with Crippen LogP contribution in [0, 0.1) is 19.7 Å². The van der Waals surface area contributed by atoms with Crippen LogP contribution >= 0.6 is 11.6 Å². The van der Waals surface area contributed by atoms with Gasteiger partial charge in [-0.25, -0.2) is 19.2 Å². The van der Waals surface area contributed by atoms with Crippen molar-refractivity contribution in [3.63, 3.8) is 0 Å². The van der Waals surface area contributed by atoms with Gasteiger partial charge in [-0.05, 0) is 67.6 Å². The van der Waals surface area contributed by atoms with Crippen LogP contribution in [0.1, 0.15) is 32.7 Å². The fourth-order valence-corrected chi connectivity index (χ4v) is 4.40. The van der Waals surface area contributed by atoms with Crippen LogP contribution in [0.5, 0.6) is 5.75 Å². The first kappa shape index (κ1) is 25.9. The second-order valence-electron chi connectivity index (χ2n) is 9.01. The molecule has 0 spiro atoms. The van der Waals surface area contributed by atoms with Crippen LogP contribution in [-0.4, -0.2) is 65.3 Å². The molecule has 1 fully saturated rings. The molecule has 1 saturated heterocycles. The Hall–Kier alpha value is -3.23. The minimum absolute atomic E-state index is 0.101. The summed E-state index contributed by atoms with van der Waals surface area (Å²) in [6, 6.07) is 10.1. The van der Waals surface area contributed by atoms with E-state index in [1.165, 1.54) is 18.3 Å². The van der Waals surface area contributed by atoms with Crippen LogP contribution in [-0.2, 0) is 12.8 Å². The summed E-state index contributed by atoms with van der Waals surface area (Å²) < 4.78 is 19.1. The number of hydrogen-bond donors (Lipinski definition) is 1. The fourth-order valence-electron chi connectivity index (χ4n) is 4.30. The van der Waals surface area contributed by atoms with Gasteiger partial charge in [-0.15, -0.1) is 0 Å². The highest BCUT2D eigenvalue weighted by Gasteiger charge is 2.21. The van der Waals surface area contributed by atoms with Gasteiger partial charge in [0.05, 0.1) is 11.3 Å². The normalized spacial score (nSPS) is 14.2. The summed E-state index contributed by atoms with van der Waals surface area (Å²) >= 11 is 6.23. The van der Waals surface area contributed by atoms with Gasteiger partial charge in [-0.3, -0.25) is 4.90 Å². The Morgan fingerprint density at radius 1 is 1.08 bits per heavy atom. The van der Waals surface area contributed by atoms with Crippen molar-refractivity contribution in [2.24, 2.45) is 0 Å². The van der Waals surface area contributed by atoms with E-state index >= 15 is 0 Å². The Kier molecular flexibility index (Phi) is 8.38. The van der Waals surface area contributed by atoms with Crippen LogP contribution in [0.4, 0.5) is 10.3 Å². The van der Waals surface area contributed by atoms with E-state index in [1.54, 1.807) is 12.1 Å². The molecule has 2 aromatic carbocycles. The zero-order valence-electron chi connectivity index (χ0n) is 20.5. The number of benzene rings is 2. The number of rotatable bonds is 9. The molecule has 1 aliphatic heterocycles. The third-order valence-electron chi connectivity index (χ3n) is 6.39. The van der Waals surface area contributed by atoms with Crippen molar-refractivity contribution in [2.45, 2.75) is 26.7 Å². The zero-order valence-corrected chi connectivity index (χ0v) is 21.3. The number of carboxylic acid groups (broad SMARTS) is 1. The van der Waals surface area contributed by atoms with Crippen molar-refractivity contribution < 1.29 is 19.0 Å². The van der Waals surface area contributed by atoms with Gasteiger partial charge in [0.15, 0.2) is 0 Å². The van der Waals surface area contributed by atoms with Crippen molar-refractivity contribution in [1.29, 1.82) is 0 Å². The molecule has 0 amide bonds. The molecular formula is C27H30ClFN4O3. The van der Waals surface area contributed by atoms with Gasteiger partial charge in [-0.2, -0.15) is 0 Å². The van der Waals surface area contributed by atoms with Crippen molar-refractivity contribution >= 4 is 23.5 Å². The maximum atomic E-state index is 13.2. The number of aromatic nitrogens is 2. The third-order valence-corrected chi connectivity index (χ3v) is 6.99. The van der Waals surface area contributed by atoms with Crippen LogP contribution in [0.25, 0.3) is 0 Å². The molecule has 36 heavy (non-hydrogen) atoms. The van der Waals surface area contributed by atoms with E-state index in [0.29, 0.717) is 31.1 Å². The molecule has 0 aliphatic carbocycles. The van der Waals surface area contributed by atoms with Gasteiger partial charge in [0.1, 0.15) is 18.2 Å². The Balaban J connectivity index is 1.32. The maximum Gasteiger partial charge on any atom is 0.339 e. The number of aryl methyl sites for hydroxylation is 4. The number of carbonyl (C=O) groups is 1. The van der Waals surface area contributed by atoms with Crippen molar-refractivity contribution in [2.75, 3.05) is 44.2 Å². The Bertz CT molecular complexity index is 1190. The van der Waals surface area contributed by atoms with E-state index in [1.807, 2.05) is 26.0 Å². The van der Waals surface area contributed by atoms with Crippen molar-refractivity contribution in [1.82, 2.24) is 14.9 Å². The first-order valence-electron chi connectivity index (χ1n) is 12.0. The molecule has 0 saturated carbocycles.